The van der Waals surface area contributed by atoms with E-state index >= 15 is 0 Å². The first kappa shape index (κ1) is 11.5. The lowest BCUT2D eigenvalue weighted by atomic mass is 9.81. The molecule has 0 saturated carbocycles. The highest BCUT2D eigenvalue weighted by Gasteiger charge is 2.30. The third kappa shape index (κ3) is 3.66. The Hall–Kier alpha value is -0.570. The maximum atomic E-state index is 10.8. The zero-order valence-corrected chi connectivity index (χ0v) is 9.47. The van der Waals surface area contributed by atoms with Gasteiger partial charge < -0.3 is 11.1 Å². The molecule has 0 spiro atoms. The van der Waals surface area contributed by atoms with Gasteiger partial charge in [-0.3, -0.25) is 4.79 Å². The van der Waals surface area contributed by atoms with E-state index in [1.54, 1.807) is 0 Å². The summed E-state index contributed by atoms with van der Waals surface area (Å²) in [5.41, 5.74) is 5.56. The van der Waals surface area contributed by atoms with Crippen molar-refractivity contribution in [2.45, 2.75) is 46.1 Å². The van der Waals surface area contributed by atoms with Gasteiger partial charge in [0, 0.05) is 12.5 Å². The van der Waals surface area contributed by atoms with Crippen LogP contribution in [0.3, 0.4) is 0 Å². The molecule has 1 aliphatic heterocycles. The number of nitrogens with two attached hydrogens (primary N) is 1. The van der Waals surface area contributed by atoms with E-state index in [0.29, 0.717) is 23.8 Å². The van der Waals surface area contributed by atoms with Crippen molar-refractivity contribution in [2.24, 2.45) is 17.1 Å². The summed E-state index contributed by atoms with van der Waals surface area (Å²) in [5, 5.41) is 3.36. The molecule has 0 bridgehead atoms. The van der Waals surface area contributed by atoms with Crippen molar-refractivity contribution in [1.82, 2.24) is 5.32 Å². The van der Waals surface area contributed by atoms with E-state index in [2.05, 4.69) is 26.1 Å². The standard InChI is InChI=1S/C11H22N2O/c1-11(2,3)7-8-4-5-13-9(8)6-10(12)14/h8-9,13H,4-7H2,1-3H3,(H2,12,14). The fourth-order valence-corrected chi connectivity index (χ4v) is 2.31. The van der Waals surface area contributed by atoms with Gasteiger partial charge in [0.05, 0.1) is 0 Å². The summed E-state index contributed by atoms with van der Waals surface area (Å²) >= 11 is 0. The van der Waals surface area contributed by atoms with Gasteiger partial charge in [0.1, 0.15) is 0 Å². The minimum absolute atomic E-state index is 0.191. The van der Waals surface area contributed by atoms with Gasteiger partial charge in [-0.05, 0) is 30.7 Å². The number of primary amides is 1. The molecule has 0 aromatic heterocycles. The normalized spacial score (nSPS) is 27.9. The minimum atomic E-state index is -0.191. The summed E-state index contributed by atoms with van der Waals surface area (Å²) < 4.78 is 0. The van der Waals surface area contributed by atoms with Crippen molar-refractivity contribution in [3.8, 4) is 0 Å². The first-order valence-electron chi connectivity index (χ1n) is 5.40. The fraction of sp³-hybridized carbons (Fsp3) is 0.909. The highest BCUT2D eigenvalue weighted by Crippen LogP contribution is 2.31. The van der Waals surface area contributed by atoms with Crippen molar-refractivity contribution in [3.05, 3.63) is 0 Å². The number of hydrogen-bond donors (Lipinski definition) is 2. The van der Waals surface area contributed by atoms with E-state index < -0.39 is 0 Å². The zero-order valence-electron chi connectivity index (χ0n) is 9.47. The van der Waals surface area contributed by atoms with Gasteiger partial charge in [-0.1, -0.05) is 20.8 Å². The second-order valence-corrected chi connectivity index (χ2v) is 5.54. The molecule has 1 aliphatic rings. The topological polar surface area (TPSA) is 55.1 Å². The summed E-state index contributed by atoms with van der Waals surface area (Å²) in [6.45, 7) is 7.75. The lowest BCUT2D eigenvalue weighted by Crippen LogP contribution is -2.33. The maximum Gasteiger partial charge on any atom is 0.218 e. The Balaban J connectivity index is 2.47. The van der Waals surface area contributed by atoms with Gasteiger partial charge in [0.2, 0.25) is 5.91 Å². The van der Waals surface area contributed by atoms with E-state index in [-0.39, 0.29) is 5.91 Å². The van der Waals surface area contributed by atoms with Crippen LogP contribution >= 0.6 is 0 Å². The van der Waals surface area contributed by atoms with Crippen molar-refractivity contribution in [1.29, 1.82) is 0 Å². The average molecular weight is 198 g/mol. The molecule has 1 heterocycles. The van der Waals surface area contributed by atoms with E-state index in [4.69, 9.17) is 5.73 Å². The van der Waals surface area contributed by atoms with Crippen LogP contribution in [-0.2, 0) is 4.79 Å². The highest BCUT2D eigenvalue weighted by molar-refractivity contribution is 5.74. The Bertz CT molecular complexity index is 208. The molecule has 2 atom stereocenters. The van der Waals surface area contributed by atoms with Gasteiger partial charge in [0.15, 0.2) is 0 Å². The molecule has 3 nitrogen and oxygen atoms in total. The van der Waals surface area contributed by atoms with Crippen LogP contribution in [0.2, 0.25) is 0 Å². The third-order valence-electron chi connectivity index (χ3n) is 2.79. The third-order valence-corrected chi connectivity index (χ3v) is 2.79. The summed E-state index contributed by atoms with van der Waals surface area (Å²) in [6, 6.07) is 0.312. The lowest BCUT2D eigenvalue weighted by molar-refractivity contribution is -0.118. The van der Waals surface area contributed by atoms with Gasteiger partial charge in [-0.15, -0.1) is 0 Å². The molecule has 2 unspecified atom stereocenters. The molecule has 1 fully saturated rings. The van der Waals surface area contributed by atoms with Crippen LogP contribution in [0, 0.1) is 11.3 Å². The molecule has 3 heteroatoms. The van der Waals surface area contributed by atoms with Crippen LogP contribution in [0.25, 0.3) is 0 Å². The first-order valence-corrected chi connectivity index (χ1v) is 5.40. The summed E-state index contributed by atoms with van der Waals surface area (Å²) in [5.74, 6) is 0.422. The van der Waals surface area contributed by atoms with E-state index in [9.17, 15) is 4.79 Å². The van der Waals surface area contributed by atoms with Gasteiger partial charge >= 0.3 is 0 Å². The number of rotatable bonds is 3. The van der Waals surface area contributed by atoms with E-state index in [1.165, 1.54) is 6.42 Å². The van der Waals surface area contributed by atoms with Crippen molar-refractivity contribution >= 4 is 5.91 Å². The molecule has 0 aromatic carbocycles. The van der Waals surface area contributed by atoms with Crippen molar-refractivity contribution < 1.29 is 4.79 Å². The fourth-order valence-electron chi connectivity index (χ4n) is 2.31. The monoisotopic (exact) mass is 198 g/mol. The number of hydrogen-bond acceptors (Lipinski definition) is 2. The Labute approximate surface area is 86.4 Å². The maximum absolute atomic E-state index is 10.8. The largest absolute Gasteiger partial charge is 0.370 e. The number of nitrogens with one attached hydrogen (secondary N) is 1. The smallest absolute Gasteiger partial charge is 0.218 e. The molecule has 1 saturated heterocycles. The average Bonchev–Trinajstić information content (AvgIpc) is 2.32. The van der Waals surface area contributed by atoms with Crippen LogP contribution in [0.4, 0.5) is 0 Å². The van der Waals surface area contributed by atoms with Crippen LogP contribution in [0.1, 0.15) is 40.0 Å². The number of amides is 1. The van der Waals surface area contributed by atoms with E-state index in [0.717, 1.165) is 13.0 Å². The predicted octanol–water partition coefficient (Wildman–Crippen LogP) is 1.28. The van der Waals surface area contributed by atoms with Crippen LogP contribution in [0.5, 0.6) is 0 Å². The Kier molecular flexibility index (Phi) is 3.53. The van der Waals surface area contributed by atoms with E-state index in [1.807, 2.05) is 0 Å². The van der Waals surface area contributed by atoms with Crippen LogP contribution in [-0.4, -0.2) is 18.5 Å². The quantitative estimate of drug-likeness (QED) is 0.717. The molecule has 0 aromatic rings. The summed E-state index contributed by atoms with van der Waals surface area (Å²) in [4.78, 5) is 10.8. The summed E-state index contributed by atoms with van der Waals surface area (Å²) in [7, 11) is 0. The predicted molar refractivity (Wildman–Crippen MR) is 57.8 cm³/mol. The van der Waals surface area contributed by atoms with Gasteiger partial charge in [-0.2, -0.15) is 0 Å². The molecule has 82 valence electrons. The second kappa shape index (κ2) is 4.30. The molecule has 14 heavy (non-hydrogen) atoms. The molecule has 1 rings (SSSR count). The molecular formula is C11H22N2O. The highest BCUT2D eigenvalue weighted by atomic mass is 16.1. The SMILES string of the molecule is CC(C)(C)CC1CCNC1CC(N)=O. The Morgan fingerprint density at radius 2 is 2.14 bits per heavy atom. The molecule has 0 radical (unpaired) electrons. The van der Waals surface area contributed by atoms with Crippen molar-refractivity contribution in [3.63, 3.8) is 0 Å². The van der Waals surface area contributed by atoms with Gasteiger partial charge in [0.25, 0.3) is 0 Å². The second-order valence-electron chi connectivity index (χ2n) is 5.54. The lowest BCUT2D eigenvalue weighted by Gasteiger charge is -2.26. The Morgan fingerprint density at radius 3 is 2.64 bits per heavy atom. The molecular weight excluding hydrogens is 176 g/mol. The molecule has 3 N–H and O–H groups in total. The zero-order chi connectivity index (χ0) is 10.8. The minimum Gasteiger partial charge on any atom is -0.370 e. The number of carbonyl (C=O) groups excluding carboxylic acids is 1. The summed E-state index contributed by atoms with van der Waals surface area (Å²) in [6.07, 6.45) is 2.83. The van der Waals surface area contributed by atoms with Crippen molar-refractivity contribution in [2.75, 3.05) is 6.54 Å². The molecule has 0 aliphatic carbocycles. The van der Waals surface area contributed by atoms with Crippen LogP contribution in [0.15, 0.2) is 0 Å². The number of carbonyl (C=O) groups is 1. The first-order chi connectivity index (χ1) is 6.38. The van der Waals surface area contributed by atoms with Crippen LogP contribution < -0.4 is 11.1 Å². The van der Waals surface area contributed by atoms with Gasteiger partial charge in [-0.25, -0.2) is 0 Å². The Morgan fingerprint density at radius 1 is 1.50 bits per heavy atom. The molecule has 1 amide bonds.